The standard InChI is InChI=1S/C18H24N2O4.CH4.2H2S/c1-12(2)8-15(23-10-13-6-4-3-5-7-13)18(22)20-17-14(21)11-24-16(17)9-19-20;;;/h3-7,12,15-17,19H,8-11H2,1-2H3;1H4;2*1H2/t15-,16+,17+;;;/m0.../s1. The molecule has 2 aliphatic heterocycles. The molecule has 27 heavy (non-hydrogen) atoms. The summed E-state index contributed by atoms with van der Waals surface area (Å²) < 4.78 is 11.3. The van der Waals surface area contributed by atoms with Crippen molar-refractivity contribution >= 4 is 38.7 Å². The van der Waals surface area contributed by atoms with Gasteiger partial charge in [0.15, 0.2) is 5.78 Å². The lowest BCUT2D eigenvalue weighted by molar-refractivity contribution is -0.152. The molecule has 8 heteroatoms. The number of carbonyl (C=O) groups is 2. The van der Waals surface area contributed by atoms with E-state index in [0.717, 1.165) is 5.56 Å². The van der Waals surface area contributed by atoms with Gasteiger partial charge in [-0.2, -0.15) is 27.0 Å². The van der Waals surface area contributed by atoms with Crippen LogP contribution in [0.1, 0.15) is 33.3 Å². The Kier molecular flexibility index (Phi) is 11.2. The van der Waals surface area contributed by atoms with Crippen molar-refractivity contribution in [2.75, 3.05) is 13.2 Å². The van der Waals surface area contributed by atoms with Crippen molar-refractivity contribution in [1.82, 2.24) is 10.4 Å². The van der Waals surface area contributed by atoms with Crippen molar-refractivity contribution in [2.24, 2.45) is 5.92 Å². The van der Waals surface area contributed by atoms with Crippen LogP contribution in [-0.2, 0) is 25.7 Å². The largest absolute Gasteiger partial charge is 0.366 e. The van der Waals surface area contributed by atoms with E-state index in [1.54, 1.807) is 0 Å². The first-order valence-electron chi connectivity index (χ1n) is 8.42. The Balaban J connectivity index is 0.00000225. The van der Waals surface area contributed by atoms with Crippen LogP contribution in [0.2, 0.25) is 0 Å². The van der Waals surface area contributed by atoms with Gasteiger partial charge in [-0.1, -0.05) is 51.6 Å². The highest BCUT2D eigenvalue weighted by atomic mass is 32.1. The maximum Gasteiger partial charge on any atom is 0.266 e. The number of fused-ring (bicyclic) bond motifs is 1. The molecule has 6 nitrogen and oxygen atoms in total. The number of ether oxygens (including phenoxy) is 2. The lowest BCUT2D eigenvalue weighted by atomic mass is 10.0. The molecule has 0 aromatic heterocycles. The van der Waals surface area contributed by atoms with E-state index in [9.17, 15) is 9.59 Å². The fourth-order valence-electron chi connectivity index (χ4n) is 3.15. The minimum atomic E-state index is -0.579. The van der Waals surface area contributed by atoms with Crippen LogP contribution in [0.25, 0.3) is 0 Å². The number of carbonyl (C=O) groups excluding carboxylic acids is 2. The van der Waals surface area contributed by atoms with Gasteiger partial charge >= 0.3 is 0 Å². The number of nitrogens with one attached hydrogen (secondary N) is 1. The predicted molar refractivity (Wildman–Crippen MR) is 115 cm³/mol. The Morgan fingerprint density at radius 1 is 1.30 bits per heavy atom. The topological polar surface area (TPSA) is 67.9 Å². The normalized spacial score (nSPS) is 21.7. The molecular formula is C19H32N2O4S2. The SMILES string of the molecule is C.CC(C)C[C@H](OCc1ccccc1)C(=O)N1NC[C@H]2OCC(=O)[C@H]21.S.S. The van der Waals surface area contributed by atoms with Gasteiger partial charge in [0.25, 0.3) is 5.91 Å². The predicted octanol–water partition coefficient (Wildman–Crippen LogP) is 2.16. The van der Waals surface area contributed by atoms with Gasteiger partial charge in [-0.05, 0) is 17.9 Å². The minimum absolute atomic E-state index is 0. The van der Waals surface area contributed by atoms with E-state index in [4.69, 9.17) is 9.47 Å². The summed E-state index contributed by atoms with van der Waals surface area (Å²) in [5, 5.41) is 1.43. The summed E-state index contributed by atoms with van der Waals surface area (Å²) in [6.45, 7) is 5.04. The molecule has 2 fully saturated rings. The number of benzene rings is 1. The third-order valence-electron chi connectivity index (χ3n) is 4.36. The molecule has 1 amide bonds. The molecule has 0 bridgehead atoms. The lowest BCUT2D eigenvalue weighted by Gasteiger charge is -2.27. The van der Waals surface area contributed by atoms with Crippen molar-refractivity contribution in [2.45, 2.75) is 52.6 Å². The molecule has 0 saturated carbocycles. The molecule has 3 rings (SSSR count). The first kappa shape index (κ1) is 25.9. The Bertz CT molecular complexity index is 601. The first-order chi connectivity index (χ1) is 11.6. The highest BCUT2D eigenvalue weighted by molar-refractivity contribution is 7.59. The quantitative estimate of drug-likeness (QED) is 0.770. The van der Waals surface area contributed by atoms with Crippen LogP contribution >= 0.6 is 27.0 Å². The number of Topliss-reactive ketones (excluding diaryl/α,β-unsaturated/α-hetero) is 1. The molecule has 1 N–H and O–H groups in total. The summed E-state index contributed by atoms with van der Waals surface area (Å²) in [7, 11) is 0. The number of amides is 1. The Hall–Kier alpha value is -1.06. The molecule has 0 aliphatic carbocycles. The van der Waals surface area contributed by atoms with E-state index in [-0.39, 0.29) is 58.8 Å². The van der Waals surface area contributed by atoms with Crippen LogP contribution in [0.3, 0.4) is 0 Å². The van der Waals surface area contributed by atoms with Crippen molar-refractivity contribution in [3.8, 4) is 0 Å². The number of nitrogens with zero attached hydrogens (tertiary/aromatic N) is 1. The molecule has 1 aromatic rings. The van der Waals surface area contributed by atoms with Crippen LogP contribution in [0.5, 0.6) is 0 Å². The summed E-state index contributed by atoms with van der Waals surface area (Å²) in [5.41, 5.74) is 4.02. The van der Waals surface area contributed by atoms with Crippen LogP contribution < -0.4 is 5.43 Å². The Morgan fingerprint density at radius 3 is 2.59 bits per heavy atom. The summed E-state index contributed by atoms with van der Waals surface area (Å²) in [6.07, 6.45) is -0.212. The van der Waals surface area contributed by atoms with Crippen LogP contribution in [0.4, 0.5) is 0 Å². The van der Waals surface area contributed by atoms with Gasteiger partial charge < -0.3 is 9.47 Å². The Morgan fingerprint density at radius 2 is 1.96 bits per heavy atom. The first-order valence-corrected chi connectivity index (χ1v) is 8.42. The zero-order valence-corrected chi connectivity index (χ0v) is 17.1. The monoisotopic (exact) mass is 416 g/mol. The van der Waals surface area contributed by atoms with Crippen molar-refractivity contribution in [1.29, 1.82) is 0 Å². The molecule has 3 atom stereocenters. The van der Waals surface area contributed by atoms with Crippen molar-refractivity contribution in [3.05, 3.63) is 35.9 Å². The zero-order valence-electron chi connectivity index (χ0n) is 15.1. The lowest BCUT2D eigenvalue weighted by Crippen LogP contribution is -2.51. The van der Waals surface area contributed by atoms with Crippen LogP contribution in [-0.4, -0.2) is 48.1 Å². The van der Waals surface area contributed by atoms with E-state index in [1.807, 2.05) is 30.3 Å². The molecule has 0 radical (unpaired) electrons. The molecule has 0 spiro atoms. The van der Waals surface area contributed by atoms with Gasteiger partial charge in [0, 0.05) is 6.54 Å². The van der Waals surface area contributed by atoms with Gasteiger partial charge in [-0.3, -0.25) is 14.6 Å². The number of hydrogen-bond donors (Lipinski definition) is 1. The molecular weight excluding hydrogens is 384 g/mol. The minimum Gasteiger partial charge on any atom is -0.366 e. The summed E-state index contributed by atoms with van der Waals surface area (Å²) >= 11 is 0. The molecule has 2 heterocycles. The summed E-state index contributed by atoms with van der Waals surface area (Å²) in [4.78, 5) is 24.9. The van der Waals surface area contributed by atoms with E-state index >= 15 is 0 Å². The van der Waals surface area contributed by atoms with Gasteiger partial charge in [0.2, 0.25) is 0 Å². The van der Waals surface area contributed by atoms with E-state index in [1.165, 1.54) is 5.01 Å². The van der Waals surface area contributed by atoms with E-state index in [2.05, 4.69) is 19.3 Å². The van der Waals surface area contributed by atoms with Crippen LogP contribution in [0.15, 0.2) is 30.3 Å². The number of ketones is 1. The maximum absolute atomic E-state index is 12.9. The highest BCUT2D eigenvalue weighted by Gasteiger charge is 2.48. The zero-order chi connectivity index (χ0) is 17.1. The molecule has 0 unspecified atom stereocenters. The molecule has 1 aromatic carbocycles. The van der Waals surface area contributed by atoms with Gasteiger partial charge in [-0.25, -0.2) is 5.43 Å². The van der Waals surface area contributed by atoms with Gasteiger partial charge in [-0.15, -0.1) is 0 Å². The van der Waals surface area contributed by atoms with Gasteiger partial charge in [0.1, 0.15) is 24.9 Å². The molecule has 2 saturated heterocycles. The molecule has 154 valence electrons. The van der Waals surface area contributed by atoms with Gasteiger partial charge in [0.05, 0.1) is 6.61 Å². The van der Waals surface area contributed by atoms with Crippen LogP contribution in [0, 0.1) is 5.92 Å². The third kappa shape index (κ3) is 6.22. The summed E-state index contributed by atoms with van der Waals surface area (Å²) in [6, 6.07) is 9.25. The number of hydrazine groups is 1. The van der Waals surface area contributed by atoms with Crippen molar-refractivity contribution < 1.29 is 19.1 Å². The second-order valence-corrected chi connectivity index (χ2v) is 6.75. The molecule has 2 aliphatic rings. The third-order valence-corrected chi connectivity index (χ3v) is 4.36. The second-order valence-electron chi connectivity index (χ2n) is 6.75. The fraction of sp³-hybridized carbons (Fsp3) is 0.579. The Labute approximate surface area is 175 Å². The second kappa shape index (κ2) is 11.7. The van der Waals surface area contributed by atoms with E-state index in [0.29, 0.717) is 25.5 Å². The number of hydrogen-bond acceptors (Lipinski definition) is 5. The smallest absolute Gasteiger partial charge is 0.266 e. The highest BCUT2D eigenvalue weighted by Crippen LogP contribution is 2.23. The maximum atomic E-state index is 12.9. The van der Waals surface area contributed by atoms with E-state index < -0.39 is 12.1 Å². The fourth-order valence-corrected chi connectivity index (χ4v) is 3.15. The van der Waals surface area contributed by atoms with Crippen molar-refractivity contribution in [3.63, 3.8) is 0 Å². The average Bonchev–Trinajstić information content (AvgIpc) is 3.15. The number of rotatable bonds is 6. The summed E-state index contributed by atoms with van der Waals surface area (Å²) in [5.74, 6) is 0.0688. The average molecular weight is 417 g/mol.